The molecule has 3 atom stereocenters. The molecule has 0 spiro atoms. The molecule has 0 saturated heterocycles. The lowest BCUT2D eigenvalue weighted by Gasteiger charge is -2.26. The highest BCUT2D eigenvalue weighted by Gasteiger charge is 2.27. The molecule has 1 rings (SSSR count). The molecule has 1 fully saturated rings. The number of hydrogen-bond donors (Lipinski definition) is 1. The third-order valence-corrected chi connectivity index (χ3v) is 7.62. The van der Waals surface area contributed by atoms with Gasteiger partial charge in [-0.15, -0.1) is 0 Å². The number of rotatable bonds is 16. The second-order valence-electron chi connectivity index (χ2n) is 8.07. The van der Waals surface area contributed by atoms with Gasteiger partial charge in [0.25, 0.3) is 0 Å². The van der Waals surface area contributed by atoms with Crippen molar-refractivity contribution in [3.8, 4) is 0 Å². The van der Waals surface area contributed by atoms with Gasteiger partial charge in [-0.2, -0.15) is 0 Å². The van der Waals surface area contributed by atoms with E-state index in [1.165, 1.54) is 83.5 Å². The van der Waals surface area contributed by atoms with Crippen molar-refractivity contribution in [2.45, 2.75) is 134 Å². The van der Waals surface area contributed by atoms with Gasteiger partial charge >= 0.3 is 0 Å². The van der Waals surface area contributed by atoms with Crippen LogP contribution in [0.15, 0.2) is 0 Å². The topological polar surface area (TPSA) is 37.3 Å². The van der Waals surface area contributed by atoms with Gasteiger partial charge in [0.05, 0.1) is 11.4 Å². The van der Waals surface area contributed by atoms with Gasteiger partial charge < -0.3 is 5.11 Å². The quantitative estimate of drug-likeness (QED) is 0.313. The van der Waals surface area contributed by atoms with Crippen molar-refractivity contribution in [2.75, 3.05) is 5.75 Å². The Hall–Kier alpha value is 0.110. The average Bonchev–Trinajstić information content (AvgIpc) is 2.62. The van der Waals surface area contributed by atoms with Gasteiger partial charge in [-0.1, -0.05) is 103 Å². The Balaban J connectivity index is 1.80. The standard InChI is InChI=1S/C22H44O2S/c1-2-3-4-5-6-7-8-9-10-11-12-13-14-17-20-25(24)22-19-16-15-18-21(22)23/h21-23H,2-20H2,1H3/t21?,22-,25-/m0/s1. The van der Waals surface area contributed by atoms with Crippen molar-refractivity contribution < 1.29 is 9.32 Å². The molecule has 1 aliphatic rings. The fourth-order valence-electron chi connectivity index (χ4n) is 3.97. The number of aliphatic hydroxyl groups excluding tert-OH is 1. The van der Waals surface area contributed by atoms with E-state index in [4.69, 9.17) is 0 Å². The molecule has 3 heteroatoms. The largest absolute Gasteiger partial charge is 0.392 e. The van der Waals surface area contributed by atoms with E-state index in [1.807, 2.05) is 0 Å². The van der Waals surface area contributed by atoms with E-state index >= 15 is 0 Å². The Morgan fingerprint density at radius 3 is 1.64 bits per heavy atom. The summed E-state index contributed by atoms with van der Waals surface area (Å²) in [6.45, 7) is 2.28. The molecule has 0 radical (unpaired) electrons. The molecule has 1 saturated carbocycles. The predicted molar refractivity (Wildman–Crippen MR) is 112 cm³/mol. The molecule has 1 unspecified atom stereocenters. The van der Waals surface area contributed by atoms with E-state index in [0.29, 0.717) is 0 Å². The van der Waals surface area contributed by atoms with E-state index in [-0.39, 0.29) is 11.4 Å². The summed E-state index contributed by atoms with van der Waals surface area (Å²) in [6, 6.07) is 0. The maximum atomic E-state index is 12.3. The lowest BCUT2D eigenvalue weighted by Crippen LogP contribution is -2.34. The van der Waals surface area contributed by atoms with Crippen LogP contribution >= 0.6 is 0 Å². The molecule has 1 aliphatic carbocycles. The van der Waals surface area contributed by atoms with E-state index in [1.54, 1.807) is 0 Å². The average molecular weight is 373 g/mol. The summed E-state index contributed by atoms with van der Waals surface area (Å²) in [5.74, 6) is 0.805. The minimum absolute atomic E-state index is 0.0655. The summed E-state index contributed by atoms with van der Waals surface area (Å²) >= 11 is 0. The molecule has 2 nitrogen and oxygen atoms in total. The molecular formula is C22H44O2S. The Morgan fingerprint density at radius 2 is 1.16 bits per heavy atom. The number of hydrogen-bond acceptors (Lipinski definition) is 2. The van der Waals surface area contributed by atoms with E-state index in [2.05, 4.69) is 6.92 Å². The van der Waals surface area contributed by atoms with Crippen molar-refractivity contribution in [3.05, 3.63) is 0 Å². The van der Waals surface area contributed by atoms with E-state index < -0.39 is 10.8 Å². The minimum atomic E-state index is -0.803. The Bertz CT molecular complexity index is 319. The SMILES string of the molecule is CCCCCCCCCCCCCCCC[S@](=O)[C@H]1CCCCC1O. The normalized spacial score (nSPS) is 22.2. The molecule has 0 aromatic heterocycles. The van der Waals surface area contributed by atoms with E-state index in [9.17, 15) is 9.32 Å². The van der Waals surface area contributed by atoms with Crippen LogP contribution in [-0.2, 0) is 10.8 Å². The van der Waals surface area contributed by atoms with Gasteiger partial charge in [-0.25, -0.2) is 0 Å². The Morgan fingerprint density at radius 1 is 0.720 bits per heavy atom. The van der Waals surface area contributed by atoms with Crippen LogP contribution in [0.25, 0.3) is 0 Å². The highest BCUT2D eigenvalue weighted by atomic mass is 32.2. The molecule has 0 aliphatic heterocycles. The van der Waals surface area contributed by atoms with Crippen LogP contribution < -0.4 is 0 Å². The molecule has 0 amide bonds. The molecule has 25 heavy (non-hydrogen) atoms. The first kappa shape index (κ1) is 23.1. The lowest BCUT2D eigenvalue weighted by atomic mass is 9.97. The summed E-state index contributed by atoms with van der Waals surface area (Å²) in [5.41, 5.74) is 0. The monoisotopic (exact) mass is 372 g/mol. The zero-order chi connectivity index (χ0) is 18.2. The van der Waals surface area contributed by atoms with Crippen molar-refractivity contribution >= 4 is 10.8 Å². The molecular weight excluding hydrogens is 328 g/mol. The lowest BCUT2D eigenvalue weighted by molar-refractivity contribution is 0.135. The van der Waals surface area contributed by atoms with Gasteiger partial charge in [0.1, 0.15) is 0 Å². The maximum Gasteiger partial charge on any atom is 0.0683 e. The maximum absolute atomic E-state index is 12.3. The zero-order valence-corrected chi connectivity index (χ0v) is 17.7. The summed E-state index contributed by atoms with van der Waals surface area (Å²) in [4.78, 5) is 0. The third-order valence-electron chi connectivity index (χ3n) is 5.70. The first-order valence-corrected chi connectivity index (χ1v) is 12.7. The van der Waals surface area contributed by atoms with Crippen molar-refractivity contribution in [1.82, 2.24) is 0 Å². The number of unbranched alkanes of at least 4 members (excludes halogenated alkanes) is 13. The van der Waals surface area contributed by atoms with Crippen LogP contribution in [0, 0.1) is 0 Å². The van der Waals surface area contributed by atoms with Gasteiger partial charge in [0.15, 0.2) is 0 Å². The van der Waals surface area contributed by atoms with E-state index in [0.717, 1.165) is 37.9 Å². The Kier molecular flexibility index (Phi) is 15.1. The number of aliphatic hydroxyl groups is 1. The van der Waals surface area contributed by atoms with Crippen LogP contribution in [-0.4, -0.2) is 26.4 Å². The second kappa shape index (κ2) is 16.3. The first-order chi connectivity index (χ1) is 12.3. The van der Waals surface area contributed by atoms with Crippen LogP contribution in [0.3, 0.4) is 0 Å². The minimum Gasteiger partial charge on any atom is -0.392 e. The molecule has 0 heterocycles. The van der Waals surface area contributed by atoms with Crippen molar-refractivity contribution in [2.24, 2.45) is 0 Å². The smallest absolute Gasteiger partial charge is 0.0683 e. The van der Waals surface area contributed by atoms with Crippen molar-refractivity contribution in [1.29, 1.82) is 0 Å². The molecule has 1 N–H and O–H groups in total. The summed E-state index contributed by atoms with van der Waals surface area (Å²) in [5, 5.41) is 10.0. The Labute approximate surface area is 160 Å². The first-order valence-electron chi connectivity index (χ1n) is 11.3. The van der Waals surface area contributed by atoms with Gasteiger partial charge in [0, 0.05) is 16.6 Å². The molecule has 0 aromatic rings. The second-order valence-corrected chi connectivity index (χ2v) is 9.85. The zero-order valence-electron chi connectivity index (χ0n) is 16.9. The van der Waals surface area contributed by atoms with Gasteiger partial charge in [-0.05, 0) is 19.3 Å². The molecule has 0 aromatic carbocycles. The van der Waals surface area contributed by atoms with Crippen LogP contribution in [0.2, 0.25) is 0 Å². The third kappa shape index (κ3) is 12.2. The predicted octanol–water partition coefficient (Wildman–Crippen LogP) is 6.52. The fraction of sp³-hybridized carbons (Fsp3) is 1.00. The molecule has 0 bridgehead atoms. The van der Waals surface area contributed by atoms with Crippen LogP contribution in [0.1, 0.15) is 122 Å². The van der Waals surface area contributed by atoms with Gasteiger partial charge in [0.2, 0.25) is 0 Å². The van der Waals surface area contributed by atoms with Crippen LogP contribution in [0.5, 0.6) is 0 Å². The molecule has 150 valence electrons. The highest BCUT2D eigenvalue weighted by Crippen LogP contribution is 2.23. The summed E-state index contributed by atoms with van der Waals surface area (Å²) in [7, 11) is -0.803. The fourth-order valence-corrected chi connectivity index (χ4v) is 5.68. The van der Waals surface area contributed by atoms with Crippen LogP contribution in [0.4, 0.5) is 0 Å². The van der Waals surface area contributed by atoms with Crippen molar-refractivity contribution in [3.63, 3.8) is 0 Å². The summed E-state index contributed by atoms with van der Waals surface area (Å²) in [6.07, 6.45) is 22.8. The highest BCUT2D eigenvalue weighted by molar-refractivity contribution is 7.85. The van der Waals surface area contributed by atoms with Gasteiger partial charge in [-0.3, -0.25) is 4.21 Å². The summed E-state index contributed by atoms with van der Waals surface area (Å²) < 4.78 is 12.3.